The highest BCUT2D eigenvalue weighted by Gasteiger charge is 2.36. The predicted octanol–water partition coefficient (Wildman–Crippen LogP) is 5.96. The van der Waals surface area contributed by atoms with Crippen LogP contribution in [0.4, 0.5) is 28.4 Å². The summed E-state index contributed by atoms with van der Waals surface area (Å²) in [5, 5.41) is 39.9. The summed E-state index contributed by atoms with van der Waals surface area (Å²) in [4.78, 5) is 23.1. The van der Waals surface area contributed by atoms with Crippen molar-refractivity contribution in [2.24, 2.45) is 10.2 Å². The molecule has 0 amide bonds. The highest BCUT2D eigenvalue weighted by molar-refractivity contribution is 6.33. The van der Waals surface area contributed by atoms with Crippen molar-refractivity contribution in [3.63, 3.8) is 0 Å². The first-order valence-corrected chi connectivity index (χ1v) is 10.4. The number of nitrogens with zero attached hydrogens (tertiary/aromatic N) is 5. The Morgan fingerprint density at radius 3 is 2.47 bits per heavy atom. The quantitative estimate of drug-likeness (QED) is 0.320. The summed E-state index contributed by atoms with van der Waals surface area (Å²) in [5.41, 5.74) is 1.91. The number of aliphatic hydroxyl groups is 1. The molecule has 0 saturated carbocycles. The molecule has 2 aromatic rings. The molecule has 0 aromatic heterocycles. The number of hydrogen-bond acceptors (Lipinski definition) is 8. The smallest absolute Gasteiger partial charge is 0.305 e. The number of fused-ring (bicyclic) bond motifs is 1. The molecule has 0 bridgehead atoms. The minimum Gasteiger partial charge on any atom is -0.395 e. The van der Waals surface area contributed by atoms with Gasteiger partial charge >= 0.3 is 5.69 Å². The molecule has 1 aliphatic rings. The largest absolute Gasteiger partial charge is 0.395 e. The Hall–Kier alpha value is -3.11. The molecule has 0 aliphatic carbocycles. The monoisotopic (exact) mass is 461 g/mol. The van der Waals surface area contributed by atoms with Gasteiger partial charge in [-0.15, -0.1) is 10.2 Å². The summed E-state index contributed by atoms with van der Waals surface area (Å²) in [5.74, 6) is 0.224. The van der Waals surface area contributed by atoms with Gasteiger partial charge in [0.25, 0.3) is 5.69 Å². The summed E-state index contributed by atoms with van der Waals surface area (Å²) in [6, 6.07) is 5.70. The van der Waals surface area contributed by atoms with Gasteiger partial charge < -0.3 is 10.0 Å². The average Bonchev–Trinajstić information content (AvgIpc) is 2.69. The van der Waals surface area contributed by atoms with Crippen LogP contribution in [0.5, 0.6) is 0 Å². The third-order valence-corrected chi connectivity index (χ3v) is 6.01. The summed E-state index contributed by atoms with van der Waals surface area (Å²) in [6.45, 7) is 8.77. The number of nitro groups is 2. The Bertz CT molecular complexity index is 1120. The van der Waals surface area contributed by atoms with Crippen molar-refractivity contribution in [2.75, 3.05) is 18.1 Å². The fraction of sp³-hybridized carbons (Fsp3) is 0.429. The molecule has 1 atom stereocenters. The number of anilines is 1. The van der Waals surface area contributed by atoms with Crippen molar-refractivity contribution in [2.45, 2.75) is 45.6 Å². The number of benzene rings is 2. The maximum atomic E-state index is 11.4. The maximum absolute atomic E-state index is 11.4. The van der Waals surface area contributed by atoms with E-state index in [4.69, 9.17) is 11.6 Å². The van der Waals surface area contributed by atoms with E-state index in [-0.39, 0.29) is 28.8 Å². The number of hydrogen-bond donors (Lipinski definition) is 1. The second-order valence-electron chi connectivity index (χ2n) is 8.50. The third kappa shape index (κ3) is 4.42. The molecule has 0 radical (unpaired) electrons. The van der Waals surface area contributed by atoms with Gasteiger partial charge in [-0.2, -0.15) is 0 Å². The SMILES string of the molecule is Cc1cc2c(cc1N=Nc1c(Cl)cc([N+](=O)[O-])cc1[N+](=O)[O-])C(C)CC(C)(C)N2CCO. The van der Waals surface area contributed by atoms with E-state index in [1.54, 1.807) is 0 Å². The van der Waals surface area contributed by atoms with Gasteiger partial charge in [-0.1, -0.05) is 18.5 Å². The molecule has 0 saturated heterocycles. The molecule has 1 aliphatic heterocycles. The number of azo groups is 1. The molecule has 0 spiro atoms. The normalized spacial score (nSPS) is 17.4. The lowest BCUT2D eigenvalue weighted by atomic mass is 9.79. The van der Waals surface area contributed by atoms with E-state index in [1.165, 1.54) is 0 Å². The number of aryl methyl sites for hydroxylation is 1. The van der Waals surface area contributed by atoms with Crippen molar-refractivity contribution < 1.29 is 15.0 Å². The van der Waals surface area contributed by atoms with Gasteiger partial charge in [0.15, 0.2) is 5.69 Å². The number of rotatable bonds is 6. The van der Waals surface area contributed by atoms with Gasteiger partial charge in [-0.05, 0) is 56.4 Å². The minimum atomic E-state index is -0.774. The number of non-ortho nitro benzene ring substituents is 1. The molecule has 32 heavy (non-hydrogen) atoms. The van der Waals surface area contributed by atoms with Crippen LogP contribution >= 0.6 is 11.6 Å². The van der Waals surface area contributed by atoms with E-state index in [2.05, 4.69) is 35.9 Å². The minimum absolute atomic E-state index is 0.0278. The molecule has 1 unspecified atom stereocenters. The Kier molecular flexibility index (Phi) is 6.47. The van der Waals surface area contributed by atoms with Gasteiger partial charge in [0, 0.05) is 23.8 Å². The maximum Gasteiger partial charge on any atom is 0.305 e. The second kappa shape index (κ2) is 8.79. The molecule has 10 nitrogen and oxygen atoms in total. The van der Waals surface area contributed by atoms with E-state index < -0.39 is 21.2 Å². The first kappa shape index (κ1) is 23.6. The van der Waals surface area contributed by atoms with Crippen LogP contribution in [-0.4, -0.2) is 33.6 Å². The Morgan fingerprint density at radius 2 is 1.88 bits per heavy atom. The van der Waals surface area contributed by atoms with Crippen LogP contribution in [-0.2, 0) is 0 Å². The van der Waals surface area contributed by atoms with Gasteiger partial charge in [0.1, 0.15) is 0 Å². The molecular weight excluding hydrogens is 438 g/mol. The molecule has 2 aromatic carbocycles. The molecular formula is C21H24ClN5O5. The zero-order valence-corrected chi connectivity index (χ0v) is 19.0. The van der Waals surface area contributed by atoms with E-state index in [0.29, 0.717) is 12.2 Å². The molecule has 1 heterocycles. The topological polar surface area (TPSA) is 134 Å². The third-order valence-electron chi connectivity index (χ3n) is 5.72. The summed E-state index contributed by atoms with van der Waals surface area (Å²) >= 11 is 6.06. The highest BCUT2D eigenvalue weighted by Crippen LogP contribution is 2.46. The second-order valence-corrected chi connectivity index (χ2v) is 8.91. The van der Waals surface area contributed by atoms with Crippen LogP contribution in [0, 0.1) is 27.2 Å². The van der Waals surface area contributed by atoms with Crippen LogP contribution in [0.3, 0.4) is 0 Å². The van der Waals surface area contributed by atoms with Crippen LogP contribution in [0.2, 0.25) is 5.02 Å². The Labute approximate surface area is 189 Å². The number of halogens is 1. The zero-order chi connectivity index (χ0) is 23.8. The van der Waals surface area contributed by atoms with E-state index in [9.17, 15) is 25.3 Å². The van der Waals surface area contributed by atoms with E-state index in [0.717, 1.165) is 35.4 Å². The summed E-state index contributed by atoms with van der Waals surface area (Å²) in [7, 11) is 0. The fourth-order valence-electron chi connectivity index (χ4n) is 4.27. The predicted molar refractivity (Wildman–Crippen MR) is 122 cm³/mol. The van der Waals surface area contributed by atoms with Crippen LogP contribution in [0.25, 0.3) is 0 Å². The molecule has 11 heteroatoms. The first-order valence-electron chi connectivity index (χ1n) is 10.0. The van der Waals surface area contributed by atoms with Crippen molar-refractivity contribution in [1.29, 1.82) is 0 Å². The lowest BCUT2D eigenvalue weighted by Crippen LogP contribution is -2.49. The van der Waals surface area contributed by atoms with Gasteiger partial charge in [0.05, 0.1) is 33.2 Å². The van der Waals surface area contributed by atoms with Crippen LogP contribution < -0.4 is 4.90 Å². The molecule has 3 rings (SSSR count). The molecule has 1 N–H and O–H groups in total. The van der Waals surface area contributed by atoms with E-state index >= 15 is 0 Å². The Morgan fingerprint density at radius 1 is 1.19 bits per heavy atom. The van der Waals surface area contributed by atoms with Gasteiger partial charge in [-0.3, -0.25) is 20.2 Å². The van der Waals surface area contributed by atoms with Crippen LogP contribution in [0.1, 0.15) is 44.2 Å². The lowest BCUT2D eigenvalue weighted by Gasteiger charge is -2.47. The van der Waals surface area contributed by atoms with E-state index in [1.807, 2.05) is 19.1 Å². The van der Waals surface area contributed by atoms with Crippen molar-refractivity contribution >= 4 is 40.0 Å². The lowest BCUT2D eigenvalue weighted by molar-refractivity contribution is -0.393. The number of aliphatic hydroxyl groups excluding tert-OH is 1. The van der Waals surface area contributed by atoms with Crippen molar-refractivity contribution in [3.8, 4) is 0 Å². The van der Waals surface area contributed by atoms with Crippen LogP contribution in [0.15, 0.2) is 34.5 Å². The zero-order valence-electron chi connectivity index (χ0n) is 18.2. The molecule has 170 valence electrons. The average molecular weight is 462 g/mol. The first-order chi connectivity index (χ1) is 15.0. The van der Waals surface area contributed by atoms with Gasteiger partial charge in [-0.25, -0.2) is 0 Å². The standard InChI is InChI=1S/C21H24ClN5O5/c1-12-7-18-15(13(2)11-21(3,4)25(18)5-6-28)10-17(12)23-24-20-16(22)8-14(26(29)30)9-19(20)27(31)32/h7-10,13,28H,5-6,11H2,1-4H3. The van der Waals surface area contributed by atoms with Crippen molar-refractivity contribution in [1.82, 2.24) is 0 Å². The number of nitro benzene ring substituents is 2. The fourth-order valence-corrected chi connectivity index (χ4v) is 4.52. The number of β-amino-alcohol motifs (C(OH)–C–C–N with tert-alkyl or cyclic N) is 1. The Balaban J connectivity index is 2.08. The van der Waals surface area contributed by atoms with Gasteiger partial charge in [0.2, 0.25) is 0 Å². The van der Waals surface area contributed by atoms with Crippen molar-refractivity contribution in [3.05, 3.63) is 60.6 Å². The highest BCUT2D eigenvalue weighted by atomic mass is 35.5. The molecule has 0 fully saturated rings. The summed E-state index contributed by atoms with van der Waals surface area (Å²) in [6.07, 6.45) is 0.874. The summed E-state index contributed by atoms with van der Waals surface area (Å²) < 4.78 is 0.